The van der Waals surface area contributed by atoms with Crippen LogP contribution >= 0.6 is 0 Å². The SMILES string of the molecule is Cc1cn(C)nc1C(=O)NC(C)(C)CN. The molecule has 84 valence electrons. The molecule has 0 unspecified atom stereocenters. The summed E-state index contributed by atoms with van der Waals surface area (Å²) in [5.41, 5.74) is 6.46. The van der Waals surface area contributed by atoms with Gasteiger partial charge in [0.25, 0.3) is 5.91 Å². The van der Waals surface area contributed by atoms with Crippen molar-refractivity contribution in [2.45, 2.75) is 26.3 Å². The van der Waals surface area contributed by atoms with Crippen LogP contribution in [0.5, 0.6) is 0 Å². The molecule has 5 heteroatoms. The first-order valence-electron chi connectivity index (χ1n) is 4.88. The molecule has 15 heavy (non-hydrogen) atoms. The lowest BCUT2D eigenvalue weighted by Crippen LogP contribution is -2.49. The Bertz CT molecular complexity index is 367. The van der Waals surface area contributed by atoms with Gasteiger partial charge in [0, 0.05) is 30.9 Å². The van der Waals surface area contributed by atoms with Gasteiger partial charge in [0.05, 0.1) is 0 Å². The van der Waals surface area contributed by atoms with Gasteiger partial charge in [-0.2, -0.15) is 5.10 Å². The number of aromatic nitrogens is 2. The number of amides is 1. The Morgan fingerprint density at radius 3 is 2.67 bits per heavy atom. The maximum Gasteiger partial charge on any atom is 0.272 e. The summed E-state index contributed by atoms with van der Waals surface area (Å²) < 4.78 is 1.62. The summed E-state index contributed by atoms with van der Waals surface area (Å²) in [6.45, 7) is 6.01. The average Bonchev–Trinajstić information content (AvgIpc) is 2.45. The van der Waals surface area contributed by atoms with E-state index in [9.17, 15) is 4.79 Å². The monoisotopic (exact) mass is 210 g/mol. The number of nitrogens with one attached hydrogen (secondary N) is 1. The minimum Gasteiger partial charge on any atom is -0.344 e. The van der Waals surface area contributed by atoms with Crippen LogP contribution in [0.2, 0.25) is 0 Å². The molecule has 1 rings (SSSR count). The highest BCUT2D eigenvalue weighted by atomic mass is 16.2. The fourth-order valence-corrected chi connectivity index (χ4v) is 1.25. The molecular formula is C10H18N4O. The summed E-state index contributed by atoms with van der Waals surface area (Å²) in [4.78, 5) is 11.8. The molecule has 0 aromatic carbocycles. The summed E-state index contributed by atoms with van der Waals surface area (Å²) in [7, 11) is 1.79. The summed E-state index contributed by atoms with van der Waals surface area (Å²) in [6, 6.07) is 0. The van der Waals surface area contributed by atoms with E-state index in [4.69, 9.17) is 5.73 Å². The summed E-state index contributed by atoms with van der Waals surface area (Å²) >= 11 is 0. The van der Waals surface area contributed by atoms with Gasteiger partial charge in [0.2, 0.25) is 0 Å². The van der Waals surface area contributed by atoms with Gasteiger partial charge in [-0.05, 0) is 20.8 Å². The van der Waals surface area contributed by atoms with Crippen molar-refractivity contribution in [3.63, 3.8) is 0 Å². The van der Waals surface area contributed by atoms with Crippen LogP contribution in [0, 0.1) is 6.92 Å². The predicted molar refractivity (Wildman–Crippen MR) is 58.5 cm³/mol. The zero-order valence-electron chi connectivity index (χ0n) is 9.66. The molecule has 0 spiro atoms. The molecule has 1 aromatic rings. The Balaban J connectivity index is 2.82. The third-order valence-electron chi connectivity index (χ3n) is 2.19. The van der Waals surface area contributed by atoms with Crippen LogP contribution in [0.3, 0.4) is 0 Å². The van der Waals surface area contributed by atoms with E-state index < -0.39 is 5.54 Å². The quantitative estimate of drug-likeness (QED) is 0.748. The maximum absolute atomic E-state index is 11.8. The second-order valence-corrected chi connectivity index (χ2v) is 4.38. The van der Waals surface area contributed by atoms with E-state index in [-0.39, 0.29) is 5.91 Å². The molecule has 0 fully saturated rings. The molecule has 0 atom stereocenters. The number of hydrogen-bond acceptors (Lipinski definition) is 3. The summed E-state index contributed by atoms with van der Waals surface area (Å²) in [5, 5.41) is 6.93. The van der Waals surface area contributed by atoms with Crippen molar-refractivity contribution >= 4 is 5.91 Å². The molecule has 5 nitrogen and oxygen atoms in total. The largest absolute Gasteiger partial charge is 0.344 e. The number of nitrogens with two attached hydrogens (primary N) is 1. The van der Waals surface area contributed by atoms with Crippen LogP contribution in [0.15, 0.2) is 6.20 Å². The third kappa shape index (κ3) is 2.79. The minimum atomic E-state index is -0.402. The van der Waals surface area contributed by atoms with Crippen molar-refractivity contribution in [3.05, 3.63) is 17.5 Å². The minimum absolute atomic E-state index is 0.177. The Labute approximate surface area is 89.6 Å². The molecule has 0 saturated carbocycles. The number of rotatable bonds is 3. The second-order valence-electron chi connectivity index (χ2n) is 4.38. The van der Waals surface area contributed by atoms with E-state index in [2.05, 4.69) is 10.4 Å². The smallest absolute Gasteiger partial charge is 0.272 e. The molecule has 3 N–H and O–H groups in total. The molecule has 0 aliphatic carbocycles. The maximum atomic E-state index is 11.8. The normalized spacial score (nSPS) is 11.5. The average molecular weight is 210 g/mol. The van der Waals surface area contributed by atoms with Gasteiger partial charge in [-0.3, -0.25) is 9.48 Å². The van der Waals surface area contributed by atoms with E-state index >= 15 is 0 Å². The molecule has 1 aromatic heterocycles. The lowest BCUT2D eigenvalue weighted by Gasteiger charge is -2.23. The highest BCUT2D eigenvalue weighted by Crippen LogP contribution is 2.06. The van der Waals surface area contributed by atoms with Crippen LogP contribution in [-0.2, 0) is 7.05 Å². The standard InChI is InChI=1S/C10H18N4O/c1-7-5-14(4)13-8(7)9(15)12-10(2,3)6-11/h5H,6,11H2,1-4H3,(H,12,15). The molecule has 1 heterocycles. The molecule has 0 aliphatic heterocycles. The topological polar surface area (TPSA) is 72.9 Å². The van der Waals surface area contributed by atoms with E-state index in [0.29, 0.717) is 12.2 Å². The molecular weight excluding hydrogens is 192 g/mol. The van der Waals surface area contributed by atoms with E-state index in [1.807, 2.05) is 27.0 Å². The Hall–Kier alpha value is -1.36. The lowest BCUT2D eigenvalue weighted by atomic mass is 10.1. The highest BCUT2D eigenvalue weighted by Gasteiger charge is 2.21. The van der Waals surface area contributed by atoms with Gasteiger partial charge in [0.1, 0.15) is 0 Å². The van der Waals surface area contributed by atoms with Crippen LogP contribution in [0.1, 0.15) is 29.9 Å². The molecule has 1 amide bonds. The Morgan fingerprint density at radius 2 is 2.27 bits per heavy atom. The number of carbonyl (C=O) groups is 1. The predicted octanol–water partition coefficient (Wildman–Crippen LogP) is 0.196. The Morgan fingerprint density at radius 1 is 1.67 bits per heavy atom. The number of hydrogen-bond donors (Lipinski definition) is 2. The van der Waals surface area contributed by atoms with Gasteiger partial charge < -0.3 is 11.1 Å². The first kappa shape index (κ1) is 11.7. The molecule has 0 bridgehead atoms. The first-order chi connectivity index (χ1) is 6.85. The van der Waals surface area contributed by atoms with E-state index in [0.717, 1.165) is 5.56 Å². The fraction of sp³-hybridized carbons (Fsp3) is 0.600. The van der Waals surface area contributed by atoms with Crippen molar-refractivity contribution < 1.29 is 4.79 Å². The lowest BCUT2D eigenvalue weighted by molar-refractivity contribution is 0.0909. The van der Waals surface area contributed by atoms with Gasteiger partial charge in [-0.15, -0.1) is 0 Å². The summed E-state index contributed by atoms with van der Waals surface area (Å²) in [5.74, 6) is -0.177. The number of aryl methyl sites for hydroxylation is 2. The van der Waals surface area contributed by atoms with Gasteiger partial charge in [0.15, 0.2) is 5.69 Å². The van der Waals surface area contributed by atoms with Crippen LogP contribution in [0.25, 0.3) is 0 Å². The summed E-state index contributed by atoms with van der Waals surface area (Å²) in [6.07, 6.45) is 1.81. The van der Waals surface area contributed by atoms with Crippen molar-refractivity contribution in [1.29, 1.82) is 0 Å². The fourth-order valence-electron chi connectivity index (χ4n) is 1.25. The zero-order chi connectivity index (χ0) is 11.6. The third-order valence-corrected chi connectivity index (χ3v) is 2.19. The van der Waals surface area contributed by atoms with Gasteiger partial charge in [-0.1, -0.05) is 0 Å². The van der Waals surface area contributed by atoms with E-state index in [1.165, 1.54) is 0 Å². The number of carbonyl (C=O) groups excluding carboxylic acids is 1. The van der Waals surface area contributed by atoms with Crippen LogP contribution < -0.4 is 11.1 Å². The number of nitrogens with zero attached hydrogens (tertiary/aromatic N) is 2. The van der Waals surface area contributed by atoms with Crippen molar-refractivity contribution in [2.75, 3.05) is 6.54 Å². The van der Waals surface area contributed by atoms with Gasteiger partial charge >= 0.3 is 0 Å². The van der Waals surface area contributed by atoms with E-state index in [1.54, 1.807) is 11.7 Å². The van der Waals surface area contributed by atoms with Crippen molar-refractivity contribution in [3.8, 4) is 0 Å². The van der Waals surface area contributed by atoms with Gasteiger partial charge in [-0.25, -0.2) is 0 Å². The Kier molecular flexibility index (Phi) is 3.14. The highest BCUT2D eigenvalue weighted by molar-refractivity contribution is 5.94. The second kappa shape index (κ2) is 4.02. The van der Waals surface area contributed by atoms with Crippen LogP contribution in [-0.4, -0.2) is 27.8 Å². The molecule has 0 radical (unpaired) electrons. The molecule has 0 saturated heterocycles. The van der Waals surface area contributed by atoms with Crippen molar-refractivity contribution in [2.24, 2.45) is 12.8 Å². The molecule has 0 aliphatic rings. The van der Waals surface area contributed by atoms with Crippen LogP contribution in [0.4, 0.5) is 0 Å². The van der Waals surface area contributed by atoms with Crippen molar-refractivity contribution in [1.82, 2.24) is 15.1 Å². The zero-order valence-corrected chi connectivity index (χ0v) is 9.66. The first-order valence-corrected chi connectivity index (χ1v) is 4.88.